The molecule has 3 rings (SSSR count). The van der Waals surface area contributed by atoms with Crippen LogP contribution in [0.5, 0.6) is 0 Å². The summed E-state index contributed by atoms with van der Waals surface area (Å²) in [5.74, 6) is -0.224. The maximum absolute atomic E-state index is 13.3. The molecule has 8 nitrogen and oxygen atoms in total. The van der Waals surface area contributed by atoms with Gasteiger partial charge in [-0.15, -0.1) is 12.4 Å². The van der Waals surface area contributed by atoms with Crippen LogP contribution in [0.15, 0.2) is 48.5 Å². The number of methoxy groups -OCH3 is 1. The van der Waals surface area contributed by atoms with E-state index in [0.717, 1.165) is 24.1 Å². The Morgan fingerprint density at radius 1 is 1.00 bits per heavy atom. The largest absolute Gasteiger partial charge is 0.461 e. The van der Waals surface area contributed by atoms with Crippen molar-refractivity contribution in [2.24, 2.45) is 0 Å². The zero-order chi connectivity index (χ0) is 28.7. The van der Waals surface area contributed by atoms with Gasteiger partial charge >= 0.3 is 5.97 Å². The Kier molecular flexibility index (Phi) is 16.6. The first-order valence-electron chi connectivity index (χ1n) is 13.7. The highest BCUT2D eigenvalue weighted by atomic mass is 35.5. The molecule has 1 amide bonds. The van der Waals surface area contributed by atoms with E-state index < -0.39 is 0 Å². The molecular formula is C30H41Cl3N2O6. The van der Waals surface area contributed by atoms with Crippen molar-refractivity contribution in [2.45, 2.75) is 37.8 Å². The maximum atomic E-state index is 13.3. The number of likely N-dealkylation sites (N-methyl/N-ethyl adjacent to an activating group) is 1. The summed E-state index contributed by atoms with van der Waals surface area (Å²) in [4.78, 5) is 29.7. The SMILES string of the molecule is COCCOCCOCCCC(=O)O[C@H]1CCN(C[C@H](c2ccccc2)N(C)C(=O)Cc2ccc(Cl)c(Cl)c2)C1.Cl. The summed E-state index contributed by atoms with van der Waals surface area (Å²) in [5, 5.41) is 0.897. The number of benzene rings is 2. The minimum Gasteiger partial charge on any atom is -0.461 e. The zero-order valence-electron chi connectivity index (χ0n) is 23.8. The van der Waals surface area contributed by atoms with E-state index in [0.29, 0.717) is 69.0 Å². The first kappa shape index (κ1) is 35.3. The number of halogens is 3. The average molecular weight is 632 g/mol. The molecule has 2 aromatic carbocycles. The van der Waals surface area contributed by atoms with Gasteiger partial charge in [0.25, 0.3) is 0 Å². The molecule has 0 N–H and O–H groups in total. The van der Waals surface area contributed by atoms with Gasteiger partial charge in [0, 0.05) is 46.8 Å². The van der Waals surface area contributed by atoms with Crippen LogP contribution in [0.25, 0.3) is 0 Å². The van der Waals surface area contributed by atoms with Crippen molar-refractivity contribution < 1.29 is 28.5 Å². The number of nitrogens with zero attached hydrogens (tertiary/aromatic N) is 2. The molecule has 228 valence electrons. The molecule has 11 heteroatoms. The van der Waals surface area contributed by atoms with Crippen molar-refractivity contribution >= 4 is 47.5 Å². The van der Waals surface area contributed by atoms with Gasteiger partial charge in [-0.2, -0.15) is 0 Å². The molecule has 2 atom stereocenters. The van der Waals surface area contributed by atoms with E-state index in [-0.39, 0.29) is 42.9 Å². The molecule has 0 bridgehead atoms. The number of carbonyl (C=O) groups excluding carboxylic acids is 2. The number of amides is 1. The number of hydrogen-bond donors (Lipinski definition) is 0. The molecular weight excluding hydrogens is 591 g/mol. The minimum absolute atomic E-state index is 0. The molecule has 41 heavy (non-hydrogen) atoms. The number of carbonyl (C=O) groups is 2. The summed E-state index contributed by atoms with van der Waals surface area (Å²) in [6, 6.07) is 15.1. The van der Waals surface area contributed by atoms with Gasteiger partial charge < -0.3 is 23.8 Å². The van der Waals surface area contributed by atoms with Crippen molar-refractivity contribution in [3.05, 3.63) is 69.7 Å². The van der Waals surface area contributed by atoms with Crippen LogP contribution >= 0.6 is 35.6 Å². The fraction of sp³-hybridized carbons (Fsp3) is 0.533. The molecule has 1 aliphatic heterocycles. The zero-order valence-corrected chi connectivity index (χ0v) is 26.1. The summed E-state index contributed by atoms with van der Waals surface area (Å²) in [6.07, 6.45) is 1.76. The average Bonchev–Trinajstić information content (AvgIpc) is 3.39. The van der Waals surface area contributed by atoms with E-state index in [1.165, 1.54) is 0 Å². The molecule has 0 unspecified atom stereocenters. The van der Waals surface area contributed by atoms with Crippen LogP contribution in [-0.4, -0.2) is 94.6 Å². The lowest BCUT2D eigenvalue weighted by Crippen LogP contribution is -2.39. The smallest absolute Gasteiger partial charge is 0.306 e. The Hall–Kier alpha value is -1.91. The molecule has 1 heterocycles. The molecule has 1 saturated heterocycles. The van der Waals surface area contributed by atoms with Crippen LogP contribution < -0.4 is 0 Å². The van der Waals surface area contributed by atoms with Gasteiger partial charge in [0.2, 0.25) is 5.91 Å². The normalized spacial score (nSPS) is 15.8. The Balaban J connectivity index is 0.00000588. The first-order chi connectivity index (χ1) is 19.4. The third-order valence-electron chi connectivity index (χ3n) is 6.82. The molecule has 1 fully saturated rings. The fourth-order valence-electron chi connectivity index (χ4n) is 4.58. The molecule has 0 saturated carbocycles. The molecule has 0 spiro atoms. The number of hydrogen-bond acceptors (Lipinski definition) is 7. The topological polar surface area (TPSA) is 77.5 Å². The van der Waals surface area contributed by atoms with Gasteiger partial charge in [0.15, 0.2) is 0 Å². The summed E-state index contributed by atoms with van der Waals surface area (Å²) in [5.41, 5.74) is 1.86. The van der Waals surface area contributed by atoms with Crippen molar-refractivity contribution in [1.29, 1.82) is 0 Å². The maximum Gasteiger partial charge on any atom is 0.306 e. The lowest BCUT2D eigenvalue weighted by Gasteiger charge is -2.32. The van der Waals surface area contributed by atoms with Crippen molar-refractivity contribution in [2.75, 3.05) is 66.8 Å². The highest BCUT2D eigenvalue weighted by Gasteiger charge is 2.30. The standard InChI is InChI=1S/C30H40Cl2N2O6.ClH/c1-33(29(35)20-23-10-11-26(31)27(32)19-23)28(24-7-4-3-5-8-24)22-34-13-12-25(21-34)40-30(36)9-6-14-38-17-18-39-16-15-37-2;/h3-5,7-8,10-11,19,25,28H,6,9,12-18,20-22H2,1-2H3;1H/t25-,28+;/m0./s1. The third kappa shape index (κ3) is 12.5. The van der Waals surface area contributed by atoms with E-state index in [1.807, 2.05) is 43.4 Å². The van der Waals surface area contributed by atoms with Gasteiger partial charge in [-0.3, -0.25) is 14.5 Å². The summed E-state index contributed by atoms with van der Waals surface area (Å²) >= 11 is 12.2. The molecule has 2 aromatic rings. The van der Waals surface area contributed by atoms with Crippen LogP contribution in [0.4, 0.5) is 0 Å². The predicted molar refractivity (Wildman–Crippen MR) is 163 cm³/mol. The van der Waals surface area contributed by atoms with E-state index in [9.17, 15) is 9.59 Å². The Morgan fingerprint density at radius 2 is 1.71 bits per heavy atom. The monoisotopic (exact) mass is 630 g/mol. The number of ether oxygens (including phenoxy) is 4. The van der Waals surface area contributed by atoms with E-state index in [2.05, 4.69) is 4.90 Å². The third-order valence-corrected chi connectivity index (χ3v) is 7.56. The van der Waals surface area contributed by atoms with E-state index in [1.54, 1.807) is 24.1 Å². The second-order valence-corrected chi connectivity index (χ2v) is 10.7. The van der Waals surface area contributed by atoms with Gasteiger partial charge in [0.1, 0.15) is 6.10 Å². The molecule has 1 aliphatic rings. The summed E-state index contributed by atoms with van der Waals surface area (Å²) in [7, 11) is 3.46. The van der Waals surface area contributed by atoms with Gasteiger partial charge in [-0.25, -0.2) is 0 Å². The highest BCUT2D eigenvalue weighted by Crippen LogP contribution is 2.26. The Morgan fingerprint density at radius 3 is 2.41 bits per heavy atom. The van der Waals surface area contributed by atoms with E-state index in [4.69, 9.17) is 42.1 Å². The molecule has 0 aliphatic carbocycles. The van der Waals surface area contributed by atoms with Crippen LogP contribution in [0.3, 0.4) is 0 Å². The highest BCUT2D eigenvalue weighted by molar-refractivity contribution is 6.42. The fourth-order valence-corrected chi connectivity index (χ4v) is 4.90. The van der Waals surface area contributed by atoms with Gasteiger partial charge in [-0.05, 0) is 36.1 Å². The number of rotatable bonds is 17. The molecule has 0 radical (unpaired) electrons. The van der Waals surface area contributed by atoms with Crippen LogP contribution in [0.1, 0.15) is 36.4 Å². The number of likely N-dealkylation sites (tertiary alicyclic amines) is 1. The first-order valence-corrected chi connectivity index (χ1v) is 14.4. The van der Waals surface area contributed by atoms with Gasteiger partial charge in [-0.1, -0.05) is 59.6 Å². The number of esters is 1. The summed E-state index contributed by atoms with van der Waals surface area (Å²) < 4.78 is 21.5. The van der Waals surface area contributed by atoms with Crippen molar-refractivity contribution in [1.82, 2.24) is 9.80 Å². The molecule has 0 aromatic heterocycles. The van der Waals surface area contributed by atoms with Gasteiger partial charge in [0.05, 0.1) is 48.9 Å². The quantitative estimate of drug-likeness (QED) is 0.175. The van der Waals surface area contributed by atoms with Crippen molar-refractivity contribution in [3.8, 4) is 0 Å². The van der Waals surface area contributed by atoms with Crippen LogP contribution in [0, 0.1) is 0 Å². The lowest BCUT2D eigenvalue weighted by molar-refractivity contribution is -0.148. The lowest BCUT2D eigenvalue weighted by atomic mass is 10.0. The van der Waals surface area contributed by atoms with Crippen LogP contribution in [0.2, 0.25) is 10.0 Å². The second kappa shape index (κ2) is 19.3. The predicted octanol–water partition coefficient (Wildman–Crippen LogP) is 5.23. The second-order valence-electron chi connectivity index (χ2n) is 9.84. The van der Waals surface area contributed by atoms with Crippen LogP contribution in [-0.2, 0) is 35.0 Å². The Bertz CT molecular complexity index is 1060. The summed E-state index contributed by atoms with van der Waals surface area (Å²) in [6.45, 7) is 4.66. The van der Waals surface area contributed by atoms with Crippen molar-refractivity contribution in [3.63, 3.8) is 0 Å². The minimum atomic E-state index is -0.208. The van der Waals surface area contributed by atoms with E-state index >= 15 is 0 Å². The Labute approximate surface area is 259 Å².